The summed E-state index contributed by atoms with van der Waals surface area (Å²) >= 11 is 0. The quantitative estimate of drug-likeness (QED) is 0.683. The van der Waals surface area contributed by atoms with Gasteiger partial charge in [-0.15, -0.1) is 0 Å². The van der Waals surface area contributed by atoms with Crippen LogP contribution in [0.3, 0.4) is 0 Å². The molecule has 0 radical (unpaired) electrons. The third-order valence-corrected chi connectivity index (χ3v) is 5.50. The molecule has 88 valence electrons. The Bertz CT molecular complexity index is 341. The van der Waals surface area contributed by atoms with Crippen molar-refractivity contribution in [2.75, 3.05) is 31.1 Å². The first-order valence-corrected chi connectivity index (χ1v) is 7.42. The van der Waals surface area contributed by atoms with E-state index in [0.717, 1.165) is 26.1 Å². The first-order valence-electron chi connectivity index (χ1n) is 5.60. The van der Waals surface area contributed by atoms with E-state index in [4.69, 9.17) is 0 Å². The Morgan fingerprint density at radius 2 is 2.20 bits per heavy atom. The Balaban J connectivity index is 2.09. The van der Waals surface area contributed by atoms with Gasteiger partial charge in [0.25, 0.3) is 0 Å². The lowest BCUT2D eigenvalue weighted by Crippen LogP contribution is -2.58. The molecule has 4 nitrogen and oxygen atoms in total. The number of hydrogen-bond donors (Lipinski definition) is 1. The smallest absolute Gasteiger partial charge is 0.152 e. The van der Waals surface area contributed by atoms with Gasteiger partial charge < -0.3 is 5.32 Å². The Hall–Kier alpha value is -0.130. The van der Waals surface area contributed by atoms with E-state index in [2.05, 4.69) is 24.1 Å². The molecule has 0 bridgehead atoms. The molecular weight excluding hydrogens is 212 g/mol. The molecule has 0 aromatic rings. The molecule has 2 heterocycles. The van der Waals surface area contributed by atoms with Crippen LogP contribution in [0.1, 0.15) is 20.3 Å². The third kappa shape index (κ3) is 2.34. The second-order valence-electron chi connectivity index (χ2n) is 5.14. The van der Waals surface area contributed by atoms with Crippen LogP contribution < -0.4 is 5.32 Å². The lowest BCUT2D eigenvalue weighted by Gasteiger charge is -2.42. The topological polar surface area (TPSA) is 49.4 Å². The molecule has 2 rings (SSSR count). The van der Waals surface area contributed by atoms with Gasteiger partial charge >= 0.3 is 0 Å². The van der Waals surface area contributed by atoms with Crippen LogP contribution in [0, 0.1) is 0 Å². The predicted octanol–water partition coefficient (Wildman–Crippen LogP) is -0.143. The largest absolute Gasteiger partial charge is 0.312 e. The Morgan fingerprint density at radius 1 is 1.47 bits per heavy atom. The molecule has 5 heteroatoms. The minimum atomic E-state index is -2.78. The summed E-state index contributed by atoms with van der Waals surface area (Å²) in [6, 6.07) is 0.471. The van der Waals surface area contributed by atoms with E-state index in [9.17, 15) is 8.42 Å². The first kappa shape index (κ1) is 11.4. The fourth-order valence-electron chi connectivity index (χ4n) is 2.67. The molecule has 2 aliphatic heterocycles. The number of nitrogens with zero attached hydrogens (tertiary/aromatic N) is 1. The van der Waals surface area contributed by atoms with Gasteiger partial charge in [0.05, 0.1) is 11.5 Å². The molecule has 0 aliphatic carbocycles. The average molecular weight is 232 g/mol. The highest BCUT2D eigenvalue weighted by Gasteiger charge is 2.43. The molecule has 15 heavy (non-hydrogen) atoms. The highest BCUT2D eigenvalue weighted by atomic mass is 32.2. The lowest BCUT2D eigenvalue weighted by molar-refractivity contribution is 0.0910. The van der Waals surface area contributed by atoms with Crippen molar-refractivity contribution < 1.29 is 8.42 Å². The van der Waals surface area contributed by atoms with Crippen molar-refractivity contribution in [1.82, 2.24) is 10.2 Å². The zero-order chi connectivity index (χ0) is 11.1. The maximum atomic E-state index is 11.5. The summed E-state index contributed by atoms with van der Waals surface area (Å²) < 4.78 is 23.1. The van der Waals surface area contributed by atoms with Crippen LogP contribution in [0.25, 0.3) is 0 Å². The molecule has 2 saturated heterocycles. The van der Waals surface area contributed by atoms with Crippen molar-refractivity contribution in [2.45, 2.75) is 31.8 Å². The lowest BCUT2D eigenvalue weighted by atomic mass is 9.97. The van der Waals surface area contributed by atoms with Crippen molar-refractivity contribution in [3.63, 3.8) is 0 Å². The van der Waals surface area contributed by atoms with Crippen molar-refractivity contribution >= 4 is 9.84 Å². The molecule has 0 spiro atoms. The first-order chi connectivity index (χ1) is 6.91. The Labute approximate surface area is 91.9 Å². The maximum Gasteiger partial charge on any atom is 0.152 e. The van der Waals surface area contributed by atoms with Gasteiger partial charge in [0, 0.05) is 31.2 Å². The van der Waals surface area contributed by atoms with Gasteiger partial charge in [-0.1, -0.05) is 0 Å². The van der Waals surface area contributed by atoms with Gasteiger partial charge in [0.15, 0.2) is 9.84 Å². The summed E-state index contributed by atoms with van der Waals surface area (Å²) in [6.45, 7) is 7.15. The number of hydrogen-bond acceptors (Lipinski definition) is 4. The highest BCUT2D eigenvalue weighted by molar-refractivity contribution is 7.91. The molecular formula is C10H20N2O2S. The van der Waals surface area contributed by atoms with Gasteiger partial charge in [-0.3, -0.25) is 4.90 Å². The monoisotopic (exact) mass is 232 g/mol. The zero-order valence-electron chi connectivity index (χ0n) is 9.49. The molecule has 0 aromatic heterocycles. The van der Waals surface area contributed by atoms with E-state index in [1.54, 1.807) is 0 Å². The Morgan fingerprint density at radius 3 is 2.73 bits per heavy atom. The summed E-state index contributed by atoms with van der Waals surface area (Å²) in [5, 5.41) is 3.38. The minimum absolute atomic E-state index is 0.116. The Kier molecular flexibility index (Phi) is 2.81. The SMILES string of the molecule is CC1CN(C2(C)CCS(=O)(=O)C2)CCN1. The van der Waals surface area contributed by atoms with Crippen LogP contribution in [0.4, 0.5) is 0 Å². The maximum absolute atomic E-state index is 11.5. The van der Waals surface area contributed by atoms with Gasteiger partial charge in [0.2, 0.25) is 0 Å². The van der Waals surface area contributed by atoms with E-state index >= 15 is 0 Å². The molecule has 0 saturated carbocycles. The number of piperazine rings is 1. The fraction of sp³-hybridized carbons (Fsp3) is 1.00. The average Bonchev–Trinajstić information content (AvgIpc) is 2.42. The predicted molar refractivity (Wildman–Crippen MR) is 60.7 cm³/mol. The summed E-state index contributed by atoms with van der Waals surface area (Å²) in [5.41, 5.74) is -0.116. The summed E-state index contributed by atoms with van der Waals surface area (Å²) in [6.07, 6.45) is 0.794. The van der Waals surface area contributed by atoms with Crippen molar-refractivity contribution in [2.24, 2.45) is 0 Å². The standard InChI is InChI=1S/C10H20N2O2S/c1-9-7-12(5-4-11-9)10(2)3-6-15(13,14)8-10/h9,11H,3-8H2,1-2H3. The highest BCUT2D eigenvalue weighted by Crippen LogP contribution is 2.29. The van der Waals surface area contributed by atoms with Crippen molar-refractivity contribution in [3.05, 3.63) is 0 Å². The molecule has 2 unspecified atom stereocenters. The molecule has 2 atom stereocenters. The van der Waals surface area contributed by atoms with E-state index in [-0.39, 0.29) is 5.54 Å². The fourth-order valence-corrected chi connectivity index (χ4v) is 4.84. The number of rotatable bonds is 1. The van der Waals surface area contributed by atoms with Crippen molar-refractivity contribution in [3.8, 4) is 0 Å². The van der Waals surface area contributed by atoms with Crippen molar-refractivity contribution in [1.29, 1.82) is 0 Å². The van der Waals surface area contributed by atoms with E-state index < -0.39 is 9.84 Å². The van der Waals surface area contributed by atoms with E-state index in [1.165, 1.54) is 0 Å². The summed E-state index contributed by atoms with van der Waals surface area (Å²) in [5.74, 6) is 0.703. The van der Waals surface area contributed by atoms with Crippen LogP contribution >= 0.6 is 0 Å². The van der Waals surface area contributed by atoms with E-state index in [1.807, 2.05) is 0 Å². The summed E-state index contributed by atoms with van der Waals surface area (Å²) in [7, 11) is -2.78. The molecule has 0 amide bonds. The summed E-state index contributed by atoms with van der Waals surface area (Å²) in [4.78, 5) is 2.35. The normalized spacial score (nSPS) is 41.9. The second-order valence-corrected chi connectivity index (χ2v) is 7.32. The molecule has 1 N–H and O–H groups in total. The van der Waals surface area contributed by atoms with Crippen LogP contribution in [-0.2, 0) is 9.84 Å². The van der Waals surface area contributed by atoms with Crippen LogP contribution in [-0.4, -0.2) is 56.0 Å². The van der Waals surface area contributed by atoms with Gasteiger partial charge in [-0.25, -0.2) is 8.42 Å². The van der Waals surface area contributed by atoms with Crippen LogP contribution in [0.15, 0.2) is 0 Å². The third-order valence-electron chi connectivity index (χ3n) is 3.61. The van der Waals surface area contributed by atoms with Crippen LogP contribution in [0.2, 0.25) is 0 Å². The number of nitrogens with one attached hydrogen (secondary N) is 1. The van der Waals surface area contributed by atoms with Crippen LogP contribution in [0.5, 0.6) is 0 Å². The zero-order valence-corrected chi connectivity index (χ0v) is 10.3. The van der Waals surface area contributed by atoms with Gasteiger partial charge in [-0.05, 0) is 20.3 Å². The van der Waals surface area contributed by atoms with E-state index in [0.29, 0.717) is 17.5 Å². The second kappa shape index (κ2) is 3.71. The molecule has 2 fully saturated rings. The minimum Gasteiger partial charge on any atom is -0.312 e. The molecule has 0 aromatic carbocycles. The number of sulfone groups is 1. The molecule has 2 aliphatic rings. The van der Waals surface area contributed by atoms with Gasteiger partial charge in [-0.2, -0.15) is 0 Å². The van der Waals surface area contributed by atoms with Gasteiger partial charge in [0.1, 0.15) is 0 Å².